The van der Waals surface area contributed by atoms with Crippen molar-refractivity contribution >= 4 is 45.7 Å². The Morgan fingerprint density at radius 3 is 2.17 bits per heavy atom. The first kappa shape index (κ1) is 30.8. The van der Waals surface area contributed by atoms with E-state index in [9.17, 15) is 14.4 Å². The lowest BCUT2D eigenvalue weighted by Gasteiger charge is -2.31. The highest BCUT2D eigenvalue weighted by Crippen LogP contribution is 2.37. The van der Waals surface area contributed by atoms with E-state index in [1.807, 2.05) is 55.5 Å². The van der Waals surface area contributed by atoms with Crippen LogP contribution >= 0.6 is 0 Å². The van der Waals surface area contributed by atoms with Crippen molar-refractivity contribution < 1.29 is 33.8 Å². The summed E-state index contributed by atoms with van der Waals surface area (Å²) in [5.41, 5.74) is -0.273. The lowest BCUT2D eigenvalue weighted by Crippen LogP contribution is -2.37. The van der Waals surface area contributed by atoms with Crippen molar-refractivity contribution in [2.75, 3.05) is 20.3 Å². The van der Waals surface area contributed by atoms with Crippen molar-refractivity contribution in [3.63, 3.8) is 0 Å². The number of benzene rings is 3. The zero-order valence-corrected chi connectivity index (χ0v) is 23.7. The first-order valence-electron chi connectivity index (χ1n) is 13.7. The monoisotopic (exact) mass is 549 g/mol. The molecular formula is C32H39NO7. The van der Waals surface area contributed by atoms with E-state index in [0.717, 1.165) is 27.1 Å². The topological polar surface area (TPSA) is 111 Å². The zero-order valence-electron chi connectivity index (χ0n) is 23.7. The van der Waals surface area contributed by atoms with Gasteiger partial charge in [0.1, 0.15) is 0 Å². The summed E-state index contributed by atoms with van der Waals surface area (Å²) >= 11 is 0. The molecule has 3 rings (SSSR count). The second kappa shape index (κ2) is 14.6. The van der Waals surface area contributed by atoms with E-state index >= 15 is 0 Å². The molecule has 0 fully saturated rings. The lowest BCUT2D eigenvalue weighted by atomic mass is 9.74. The Kier molecular flexibility index (Phi) is 11.2. The molecule has 0 amide bonds. The van der Waals surface area contributed by atoms with Crippen molar-refractivity contribution in [3.05, 3.63) is 60.2 Å². The van der Waals surface area contributed by atoms with E-state index in [1.165, 1.54) is 7.11 Å². The number of hydrogen-bond acceptors (Lipinski definition) is 8. The molecule has 0 heterocycles. The van der Waals surface area contributed by atoms with E-state index in [4.69, 9.17) is 19.4 Å². The van der Waals surface area contributed by atoms with Crippen LogP contribution in [0.3, 0.4) is 0 Å². The molecule has 3 aromatic carbocycles. The molecule has 0 saturated heterocycles. The van der Waals surface area contributed by atoms with Gasteiger partial charge in [0.05, 0.1) is 37.2 Å². The van der Waals surface area contributed by atoms with Gasteiger partial charge in [-0.05, 0) is 66.6 Å². The lowest BCUT2D eigenvalue weighted by molar-refractivity contribution is -0.159. The smallest absolute Gasteiger partial charge is 0.337 e. The summed E-state index contributed by atoms with van der Waals surface area (Å²) in [5.74, 6) is -2.74. The zero-order chi connectivity index (χ0) is 29.1. The fraction of sp³-hybridized carbons (Fsp3) is 0.438. The van der Waals surface area contributed by atoms with Crippen molar-refractivity contribution in [1.29, 1.82) is 0 Å². The molecule has 0 aliphatic heterocycles. The number of oxime groups is 1. The Hall–Kier alpha value is -3.78. The average Bonchev–Trinajstić information content (AvgIpc) is 2.96. The van der Waals surface area contributed by atoms with Gasteiger partial charge in [-0.3, -0.25) is 9.59 Å². The number of aliphatic hydroxyl groups is 1. The quantitative estimate of drug-likeness (QED) is 0.0675. The van der Waals surface area contributed by atoms with Crippen molar-refractivity contribution in [2.45, 2.75) is 52.9 Å². The van der Waals surface area contributed by atoms with Gasteiger partial charge in [-0.15, -0.1) is 0 Å². The van der Waals surface area contributed by atoms with Crippen molar-refractivity contribution in [3.8, 4) is 0 Å². The number of hydrogen-bond donors (Lipinski definition) is 1. The fourth-order valence-corrected chi connectivity index (χ4v) is 5.11. The molecule has 3 aromatic rings. The number of aliphatic hydroxyl groups excluding tert-OH is 1. The van der Waals surface area contributed by atoms with E-state index < -0.39 is 35.2 Å². The normalized spacial score (nSPS) is 14.5. The van der Waals surface area contributed by atoms with Gasteiger partial charge in [-0.25, -0.2) is 4.79 Å². The number of fused-ring (bicyclic) bond motifs is 2. The molecule has 8 nitrogen and oxygen atoms in total. The molecule has 40 heavy (non-hydrogen) atoms. The highest BCUT2D eigenvalue weighted by molar-refractivity contribution is 6.13. The maximum atomic E-state index is 12.9. The predicted molar refractivity (Wildman–Crippen MR) is 155 cm³/mol. The van der Waals surface area contributed by atoms with Gasteiger partial charge in [0.15, 0.2) is 0 Å². The van der Waals surface area contributed by atoms with Crippen LogP contribution in [0.15, 0.2) is 59.8 Å². The number of methoxy groups -OCH3 is 1. The number of unbranched alkanes of at least 4 members (excludes halogenated alkanes) is 1. The Bertz CT molecular complexity index is 1300. The molecular weight excluding hydrogens is 510 g/mol. The fourth-order valence-electron chi connectivity index (χ4n) is 5.11. The van der Waals surface area contributed by atoms with Crippen LogP contribution in [0.5, 0.6) is 0 Å². The van der Waals surface area contributed by atoms with Crippen LogP contribution < -0.4 is 0 Å². The van der Waals surface area contributed by atoms with E-state index in [-0.39, 0.29) is 26.1 Å². The minimum atomic E-state index is -1.12. The maximum Gasteiger partial charge on any atom is 0.337 e. The maximum absolute atomic E-state index is 12.9. The highest BCUT2D eigenvalue weighted by Gasteiger charge is 2.41. The summed E-state index contributed by atoms with van der Waals surface area (Å²) in [5, 5.41) is 17.0. The predicted octanol–water partition coefficient (Wildman–Crippen LogP) is 5.81. The van der Waals surface area contributed by atoms with Gasteiger partial charge in [-0.1, -0.05) is 67.5 Å². The molecule has 0 saturated carbocycles. The standard InChI is InChI=1S/C32H39NO7/c1-5-23(30(36)39-17-11-10-16-34)20-32(3,31(37)38-4)19-22(2)29(35)40-33-21-28-26-14-8-6-12-24(26)18-25-13-7-9-15-27(25)28/h6-9,12-15,18,21-23,34H,5,10-11,16-17,19-20H2,1-4H3. The van der Waals surface area contributed by atoms with Crippen molar-refractivity contribution in [2.24, 2.45) is 22.4 Å². The first-order valence-corrected chi connectivity index (χ1v) is 13.7. The molecule has 3 atom stereocenters. The molecule has 8 heteroatoms. The Balaban J connectivity index is 1.72. The Morgan fingerprint density at radius 2 is 1.60 bits per heavy atom. The molecule has 0 radical (unpaired) electrons. The molecule has 0 spiro atoms. The average molecular weight is 550 g/mol. The summed E-state index contributed by atoms with van der Waals surface area (Å²) in [6, 6.07) is 18.0. The van der Waals surface area contributed by atoms with Crippen LogP contribution in [0, 0.1) is 17.3 Å². The molecule has 0 aromatic heterocycles. The summed E-state index contributed by atoms with van der Waals surface area (Å²) in [6.07, 6.45) is 3.40. The first-order chi connectivity index (χ1) is 19.2. The van der Waals surface area contributed by atoms with E-state index in [1.54, 1.807) is 20.1 Å². The summed E-state index contributed by atoms with van der Waals surface area (Å²) in [7, 11) is 1.29. The third-order valence-corrected chi connectivity index (χ3v) is 7.29. The summed E-state index contributed by atoms with van der Waals surface area (Å²) in [4.78, 5) is 43.7. The van der Waals surface area contributed by atoms with Gasteiger partial charge in [0.2, 0.25) is 0 Å². The second-order valence-electron chi connectivity index (χ2n) is 10.4. The SMILES string of the molecule is CCC(CC(C)(CC(C)C(=O)ON=Cc1c2ccccc2cc2ccccc12)C(=O)OC)C(=O)OCCCCO. The Labute approximate surface area is 235 Å². The van der Waals surface area contributed by atoms with Gasteiger partial charge < -0.3 is 19.4 Å². The number of carbonyl (C=O) groups is 3. The van der Waals surface area contributed by atoms with Crippen LogP contribution in [0.1, 0.15) is 58.4 Å². The van der Waals surface area contributed by atoms with E-state index in [2.05, 4.69) is 11.2 Å². The van der Waals surface area contributed by atoms with Gasteiger partial charge in [0, 0.05) is 12.2 Å². The number of ether oxygens (including phenoxy) is 2. The number of carbonyl (C=O) groups excluding carboxylic acids is 3. The second-order valence-corrected chi connectivity index (χ2v) is 10.4. The van der Waals surface area contributed by atoms with Gasteiger partial charge in [0.25, 0.3) is 0 Å². The third-order valence-electron chi connectivity index (χ3n) is 7.29. The van der Waals surface area contributed by atoms with E-state index in [0.29, 0.717) is 19.3 Å². The third kappa shape index (κ3) is 7.66. The molecule has 0 aliphatic carbocycles. The van der Waals surface area contributed by atoms with Crippen LogP contribution in [0.2, 0.25) is 0 Å². The van der Waals surface area contributed by atoms with Crippen LogP contribution in [-0.4, -0.2) is 49.6 Å². The van der Waals surface area contributed by atoms with Crippen LogP contribution in [0.25, 0.3) is 21.5 Å². The summed E-state index contributed by atoms with van der Waals surface area (Å²) in [6.45, 7) is 5.44. The van der Waals surface area contributed by atoms with Crippen molar-refractivity contribution in [1.82, 2.24) is 0 Å². The van der Waals surface area contributed by atoms with Gasteiger partial charge >= 0.3 is 17.9 Å². The molecule has 0 aliphatic rings. The van der Waals surface area contributed by atoms with Gasteiger partial charge in [-0.2, -0.15) is 0 Å². The molecule has 0 bridgehead atoms. The minimum absolute atomic E-state index is 0.0335. The minimum Gasteiger partial charge on any atom is -0.469 e. The molecule has 3 unspecified atom stereocenters. The number of esters is 2. The number of rotatable bonds is 14. The Morgan fingerprint density at radius 1 is 0.975 bits per heavy atom. The molecule has 214 valence electrons. The summed E-state index contributed by atoms with van der Waals surface area (Å²) < 4.78 is 10.4. The largest absolute Gasteiger partial charge is 0.469 e. The van der Waals surface area contributed by atoms with Crippen LogP contribution in [0.4, 0.5) is 0 Å². The highest BCUT2D eigenvalue weighted by atomic mass is 16.7. The molecule has 1 N–H and O–H groups in total. The van der Waals surface area contributed by atoms with Crippen LogP contribution in [-0.2, 0) is 28.7 Å². The number of nitrogens with zero attached hydrogens (tertiary/aromatic N) is 1.